The smallest absolute Gasteiger partial charge is 0.255 e. The molecule has 0 saturated heterocycles. The molecule has 1 amide bonds. The summed E-state index contributed by atoms with van der Waals surface area (Å²) >= 11 is 6.02. The Kier molecular flexibility index (Phi) is 5.04. The summed E-state index contributed by atoms with van der Waals surface area (Å²) in [5.74, 6) is 1.86. The molecular formula is C21H18ClN3O3. The van der Waals surface area contributed by atoms with E-state index < -0.39 is 0 Å². The van der Waals surface area contributed by atoms with E-state index in [0.29, 0.717) is 28.6 Å². The van der Waals surface area contributed by atoms with Crippen molar-refractivity contribution in [3.8, 4) is 11.5 Å². The number of benzene rings is 2. The minimum atomic E-state index is -0.223. The first-order valence-corrected chi connectivity index (χ1v) is 9.12. The van der Waals surface area contributed by atoms with Gasteiger partial charge in [-0.15, -0.1) is 0 Å². The zero-order valence-electron chi connectivity index (χ0n) is 15.2. The average Bonchev–Trinajstić information content (AvgIpc) is 3.17. The lowest BCUT2D eigenvalue weighted by Crippen LogP contribution is -2.13. The van der Waals surface area contributed by atoms with Gasteiger partial charge >= 0.3 is 0 Å². The van der Waals surface area contributed by atoms with E-state index in [-0.39, 0.29) is 12.7 Å². The first kappa shape index (κ1) is 18.1. The van der Waals surface area contributed by atoms with Gasteiger partial charge in [-0.05, 0) is 54.4 Å². The number of carbonyl (C=O) groups excluding carboxylic acids is 1. The molecule has 2 aromatic carbocycles. The Balaban J connectivity index is 1.43. The van der Waals surface area contributed by atoms with Crippen LogP contribution in [0.4, 0.5) is 11.5 Å². The van der Waals surface area contributed by atoms with Crippen LogP contribution in [0.1, 0.15) is 21.5 Å². The molecule has 0 unspecified atom stereocenters. The number of fused-ring (bicyclic) bond motifs is 1. The predicted octanol–water partition coefficient (Wildman–Crippen LogP) is 4.64. The number of carbonyl (C=O) groups is 1. The molecule has 4 rings (SSSR count). The molecule has 0 aliphatic carbocycles. The maximum Gasteiger partial charge on any atom is 0.255 e. The topological polar surface area (TPSA) is 72.5 Å². The zero-order chi connectivity index (χ0) is 19.5. The van der Waals surface area contributed by atoms with E-state index in [1.54, 1.807) is 30.5 Å². The largest absolute Gasteiger partial charge is 0.454 e. The van der Waals surface area contributed by atoms with E-state index in [1.165, 1.54) is 0 Å². The highest BCUT2D eigenvalue weighted by molar-refractivity contribution is 6.31. The van der Waals surface area contributed by atoms with E-state index in [2.05, 4.69) is 15.6 Å². The number of hydrogen-bond donors (Lipinski definition) is 2. The highest BCUT2D eigenvalue weighted by atomic mass is 35.5. The van der Waals surface area contributed by atoms with Gasteiger partial charge in [0.2, 0.25) is 6.79 Å². The van der Waals surface area contributed by atoms with Gasteiger partial charge in [0.05, 0.1) is 0 Å². The van der Waals surface area contributed by atoms with Crippen LogP contribution in [-0.4, -0.2) is 17.7 Å². The second-order valence-corrected chi connectivity index (χ2v) is 6.82. The van der Waals surface area contributed by atoms with Gasteiger partial charge in [0.15, 0.2) is 11.5 Å². The number of ether oxygens (including phenoxy) is 2. The second-order valence-electron chi connectivity index (χ2n) is 6.38. The summed E-state index contributed by atoms with van der Waals surface area (Å²) in [6.45, 7) is 2.70. The molecule has 2 N–H and O–H groups in total. The van der Waals surface area contributed by atoms with Crippen molar-refractivity contribution in [3.05, 3.63) is 76.4 Å². The molecular weight excluding hydrogens is 378 g/mol. The molecule has 0 spiro atoms. The molecule has 0 saturated carbocycles. The summed E-state index contributed by atoms with van der Waals surface area (Å²) in [5, 5.41) is 6.68. The molecule has 142 valence electrons. The molecule has 2 heterocycles. The van der Waals surface area contributed by atoms with Crippen molar-refractivity contribution >= 4 is 29.0 Å². The Morgan fingerprint density at radius 2 is 1.96 bits per heavy atom. The van der Waals surface area contributed by atoms with Crippen LogP contribution in [0.5, 0.6) is 11.5 Å². The zero-order valence-corrected chi connectivity index (χ0v) is 15.9. The third-order valence-electron chi connectivity index (χ3n) is 4.38. The van der Waals surface area contributed by atoms with Gasteiger partial charge in [-0.2, -0.15) is 0 Å². The van der Waals surface area contributed by atoms with Crippen molar-refractivity contribution in [1.82, 2.24) is 4.98 Å². The van der Waals surface area contributed by atoms with E-state index in [1.807, 2.05) is 31.2 Å². The molecule has 6 nitrogen and oxygen atoms in total. The minimum Gasteiger partial charge on any atom is -0.454 e. The van der Waals surface area contributed by atoms with Gasteiger partial charge in [-0.1, -0.05) is 23.7 Å². The molecule has 28 heavy (non-hydrogen) atoms. The van der Waals surface area contributed by atoms with E-state index >= 15 is 0 Å². The molecule has 1 aliphatic heterocycles. The normalized spacial score (nSPS) is 11.9. The number of amides is 1. The van der Waals surface area contributed by atoms with Crippen molar-refractivity contribution < 1.29 is 14.3 Å². The summed E-state index contributed by atoms with van der Waals surface area (Å²) in [5.41, 5.74) is 3.15. The lowest BCUT2D eigenvalue weighted by Gasteiger charge is -2.10. The third-order valence-corrected chi connectivity index (χ3v) is 4.62. The van der Waals surface area contributed by atoms with Crippen molar-refractivity contribution in [2.24, 2.45) is 0 Å². The summed E-state index contributed by atoms with van der Waals surface area (Å²) in [6, 6.07) is 14.5. The fraction of sp³-hybridized carbons (Fsp3) is 0.143. The van der Waals surface area contributed by atoms with Crippen molar-refractivity contribution in [2.45, 2.75) is 13.5 Å². The Morgan fingerprint density at radius 1 is 1.11 bits per heavy atom. The molecule has 1 aliphatic rings. The van der Waals surface area contributed by atoms with Crippen molar-refractivity contribution in [3.63, 3.8) is 0 Å². The minimum absolute atomic E-state index is 0.223. The van der Waals surface area contributed by atoms with Crippen molar-refractivity contribution in [2.75, 3.05) is 17.4 Å². The monoisotopic (exact) mass is 395 g/mol. The molecule has 0 atom stereocenters. The maximum atomic E-state index is 12.6. The summed E-state index contributed by atoms with van der Waals surface area (Å²) in [6.07, 6.45) is 1.60. The van der Waals surface area contributed by atoms with Gasteiger partial charge in [0.25, 0.3) is 5.91 Å². The van der Waals surface area contributed by atoms with Gasteiger partial charge in [-0.3, -0.25) is 4.79 Å². The number of nitrogens with zero attached hydrogens (tertiary/aromatic N) is 1. The summed E-state index contributed by atoms with van der Waals surface area (Å²) in [7, 11) is 0. The predicted molar refractivity (Wildman–Crippen MR) is 108 cm³/mol. The number of anilines is 2. The number of nitrogens with one attached hydrogen (secondary N) is 2. The molecule has 7 heteroatoms. The molecule has 0 fully saturated rings. The van der Waals surface area contributed by atoms with Gasteiger partial charge in [0.1, 0.15) is 5.82 Å². The second kappa shape index (κ2) is 7.78. The molecule has 0 bridgehead atoms. The quantitative estimate of drug-likeness (QED) is 0.658. The van der Waals surface area contributed by atoms with Gasteiger partial charge < -0.3 is 20.1 Å². The van der Waals surface area contributed by atoms with Crippen LogP contribution in [-0.2, 0) is 6.54 Å². The fourth-order valence-corrected chi connectivity index (χ4v) is 3.01. The number of rotatable bonds is 5. The van der Waals surface area contributed by atoms with Gasteiger partial charge in [0, 0.05) is 29.0 Å². The SMILES string of the molecule is Cc1ccc(Cl)cc1NC(=O)c1ccnc(NCc2ccc3c(c2)OCO3)c1. The Bertz CT molecular complexity index is 1040. The standard InChI is InChI=1S/C21H18ClN3O3/c1-13-2-4-16(22)10-17(13)25-21(26)15-6-7-23-20(9-15)24-11-14-3-5-18-19(8-14)28-12-27-18/h2-10H,11-12H2,1H3,(H,23,24)(H,25,26). The fourth-order valence-electron chi connectivity index (χ4n) is 2.84. The number of hydrogen-bond acceptors (Lipinski definition) is 5. The lowest BCUT2D eigenvalue weighted by atomic mass is 10.1. The highest BCUT2D eigenvalue weighted by Gasteiger charge is 2.13. The average molecular weight is 396 g/mol. The van der Waals surface area contributed by atoms with Crippen LogP contribution in [0, 0.1) is 6.92 Å². The Hall–Kier alpha value is -3.25. The van der Waals surface area contributed by atoms with E-state index in [9.17, 15) is 4.79 Å². The number of aryl methyl sites for hydroxylation is 1. The Labute approximate surface area is 167 Å². The van der Waals surface area contributed by atoms with Crippen molar-refractivity contribution in [1.29, 1.82) is 0 Å². The molecule has 0 radical (unpaired) electrons. The van der Waals surface area contributed by atoms with Crippen LogP contribution in [0.15, 0.2) is 54.7 Å². The van der Waals surface area contributed by atoms with Crippen LogP contribution in [0.3, 0.4) is 0 Å². The van der Waals surface area contributed by atoms with E-state index in [4.69, 9.17) is 21.1 Å². The number of pyridine rings is 1. The van der Waals surface area contributed by atoms with Crippen LogP contribution in [0.25, 0.3) is 0 Å². The third kappa shape index (κ3) is 4.02. The summed E-state index contributed by atoms with van der Waals surface area (Å²) in [4.78, 5) is 16.9. The first-order valence-electron chi connectivity index (χ1n) is 8.74. The highest BCUT2D eigenvalue weighted by Crippen LogP contribution is 2.32. The summed E-state index contributed by atoms with van der Waals surface area (Å²) < 4.78 is 10.7. The molecule has 1 aromatic heterocycles. The van der Waals surface area contributed by atoms with Crippen LogP contribution < -0.4 is 20.1 Å². The van der Waals surface area contributed by atoms with Crippen LogP contribution in [0.2, 0.25) is 5.02 Å². The Morgan fingerprint density at radius 3 is 2.86 bits per heavy atom. The number of halogens is 1. The maximum absolute atomic E-state index is 12.6. The number of aromatic nitrogens is 1. The molecule has 3 aromatic rings. The van der Waals surface area contributed by atoms with Crippen LogP contribution >= 0.6 is 11.6 Å². The lowest BCUT2D eigenvalue weighted by molar-refractivity contribution is 0.102. The van der Waals surface area contributed by atoms with Gasteiger partial charge in [-0.25, -0.2) is 4.98 Å². The van der Waals surface area contributed by atoms with E-state index in [0.717, 1.165) is 22.6 Å². The first-order chi connectivity index (χ1) is 13.6.